The van der Waals surface area contributed by atoms with Crippen molar-refractivity contribution in [1.29, 1.82) is 0 Å². The van der Waals surface area contributed by atoms with Crippen LogP contribution in [-0.2, 0) is 6.54 Å². The Balaban J connectivity index is 1.80. The molecule has 6 heteroatoms. The summed E-state index contributed by atoms with van der Waals surface area (Å²) in [5.41, 5.74) is 1.85. The fourth-order valence-electron chi connectivity index (χ4n) is 1.95. The van der Waals surface area contributed by atoms with E-state index in [1.54, 1.807) is 18.0 Å². The van der Waals surface area contributed by atoms with E-state index >= 15 is 0 Å². The Bertz CT molecular complexity index is 739. The molecule has 0 aliphatic carbocycles. The van der Waals surface area contributed by atoms with Crippen molar-refractivity contribution in [3.8, 4) is 17.1 Å². The number of halogens is 1. The van der Waals surface area contributed by atoms with Gasteiger partial charge >= 0.3 is 0 Å². The summed E-state index contributed by atoms with van der Waals surface area (Å²) in [5.74, 6) is 1.34. The lowest BCUT2D eigenvalue weighted by atomic mass is 10.2. The number of ether oxygens (including phenoxy) is 1. The number of methoxy groups -OCH3 is 1. The van der Waals surface area contributed by atoms with E-state index in [9.17, 15) is 0 Å². The molecular weight excluding hydrogens is 288 g/mol. The number of rotatable bonds is 4. The molecule has 0 aliphatic heterocycles. The lowest BCUT2D eigenvalue weighted by Crippen LogP contribution is -2.04. The second kappa shape index (κ2) is 5.93. The summed E-state index contributed by atoms with van der Waals surface area (Å²) in [6.07, 6.45) is 0. The quantitative estimate of drug-likeness (QED) is 0.743. The molecule has 0 spiro atoms. The van der Waals surface area contributed by atoms with Crippen LogP contribution in [0.25, 0.3) is 11.4 Å². The lowest BCUT2D eigenvalue weighted by molar-refractivity contribution is 0.414. The molecule has 0 bridgehead atoms. The van der Waals surface area contributed by atoms with Crippen molar-refractivity contribution in [3.63, 3.8) is 0 Å². The van der Waals surface area contributed by atoms with Crippen LogP contribution in [0.1, 0.15) is 5.56 Å². The van der Waals surface area contributed by atoms with Gasteiger partial charge in [-0.3, -0.25) is 0 Å². The number of nitrogens with zero attached hydrogens (tertiary/aromatic N) is 4. The molecular formula is C15H13ClN4O. The molecule has 106 valence electrons. The normalized spacial score (nSPS) is 10.6. The zero-order valence-corrected chi connectivity index (χ0v) is 12.2. The van der Waals surface area contributed by atoms with Crippen LogP contribution >= 0.6 is 11.6 Å². The first-order chi connectivity index (χ1) is 10.3. The van der Waals surface area contributed by atoms with Gasteiger partial charge in [-0.1, -0.05) is 35.9 Å². The first kappa shape index (κ1) is 13.6. The molecule has 0 atom stereocenters. The van der Waals surface area contributed by atoms with E-state index in [4.69, 9.17) is 16.3 Å². The van der Waals surface area contributed by atoms with Crippen molar-refractivity contribution in [2.75, 3.05) is 7.11 Å². The first-order valence-corrected chi connectivity index (χ1v) is 6.80. The minimum absolute atomic E-state index is 0.522. The third-order valence-electron chi connectivity index (χ3n) is 3.05. The lowest BCUT2D eigenvalue weighted by Gasteiger charge is -2.02. The Kier molecular flexibility index (Phi) is 3.83. The molecule has 21 heavy (non-hydrogen) atoms. The molecule has 3 rings (SSSR count). The van der Waals surface area contributed by atoms with Gasteiger partial charge < -0.3 is 4.74 Å². The smallest absolute Gasteiger partial charge is 0.206 e. The fourth-order valence-corrected chi connectivity index (χ4v) is 2.18. The van der Waals surface area contributed by atoms with Crippen LogP contribution in [0.2, 0.25) is 5.02 Å². The minimum atomic E-state index is 0.522. The van der Waals surface area contributed by atoms with Crippen LogP contribution < -0.4 is 4.74 Å². The summed E-state index contributed by atoms with van der Waals surface area (Å²) in [4.78, 5) is 1.54. The zero-order chi connectivity index (χ0) is 14.7. The Hall–Kier alpha value is -2.40. The second-order valence-electron chi connectivity index (χ2n) is 4.47. The van der Waals surface area contributed by atoms with E-state index < -0.39 is 0 Å². The van der Waals surface area contributed by atoms with Crippen LogP contribution in [0.5, 0.6) is 5.75 Å². The average molecular weight is 301 g/mol. The van der Waals surface area contributed by atoms with Gasteiger partial charge in [0.05, 0.1) is 18.7 Å². The van der Waals surface area contributed by atoms with Gasteiger partial charge in [0, 0.05) is 5.56 Å². The van der Waals surface area contributed by atoms with Gasteiger partial charge in [0.1, 0.15) is 5.75 Å². The highest BCUT2D eigenvalue weighted by Gasteiger charge is 2.09. The van der Waals surface area contributed by atoms with Gasteiger partial charge in [-0.05, 0) is 35.0 Å². The SMILES string of the molecule is COc1ccc(Cn2nnc(-c3ccccc3Cl)n2)cc1. The van der Waals surface area contributed by atoms with Crippen molar-refractivity contribution in [3.05, 3.63) is 59.1 Å². The molecule has 5 nitrogen and oxygen atoms in total. The summed E-state index contributed by atoms with van der Waals surface area (Å²) in [6.45, 7) is 0.543. The Labute approximate surface area is 127 Å². The first-order valence-electron chi connectivity index (χ1n) is 6.42. The van der Waals surface area contributed by atoms with E-state index in [-0.39, 0.29) is 0 Å². The standard InChI is InChI=1S/C15H13ClN4O/c1-21-12-8-6-11(7-9-12)10-20-18-15(17-19-20)13-4-2-3-5-14(13)16/h2-9H,10H2,1H3. The van der Waals surface area contributed by atoms with Gasteiger partial charge in [0.25, 0.3) is 0 Å². The monoisotopic (exact) mass is 300 g/mol. The topological polar surface area (TPSA) is 52.8 Å². The average Bonchev–Trinajstić information content (AvgIpc) is 2.97. The van der Waals surface area contributed by atoms with Crippen molar-refractivity contribution in [2.45, 2.75) is 6.54 Å². The number of hydrogen-bond donors (Lipinski definition) is 0. The van der Waals surface area contributed by atoms with Crippen LogP contribution in [0.15, 0.2) is 48.5 Å². The molecule has 0 N–H and O–H groups in total. The van der Waals surface area contributed by atoms with E-state index in [2.05, 4.69) is 15.4 Å². The van der Waals surface area contributed by atoms with Crippen molar-refractivity contribution in [1.82, 2.24) is 20.2 Å². The van der Waals surface area contributed by atoms with Gasteiger partial charge in [-0.2, -0.15) is 4.80 Å². The van der Waals surface area contributed by atoms with Crippen molar-refractivity contribution >= 4 is 11.6 Å². The van der Waals surface area contributed by atoms with Gasteiger partial charge in [0.15, 0.2) is 0 Å². The highest BCUT2D eigenvalue weighted by Crippen LogP contribution is 2.23. The van der Waals surface area contributed by atoms with Crippen molar-refractivity contribution < 1.29 is 4.74 Å². The van der Waals surface area contributed by atoms with Crippen LogP contribution in [0.4, 0.5) is 0 Å². The highest BCUT2D eigenvalue weighted by atomic mass is 35.5. The van der Waals surface area contributed by atoms with E-state index in [1.807, 2.05) is 42.5 Å². The molecule has 1 aromatic heterocycles. The highest BCUT2D eigenvalue weighted by molar-refractivity contribution is 6.33. The summed E-state index contributed by atoms with van der Waals surface area (Å²) >= 11 is 6.13. The molecule has 0 saturated heterocycles. The number of aromatic nitrogens is 4. The van der Waals surface area contributed by atoms with Gasteiger partial charge in [-0.15, -0.1) is 10.2 Å². The molecule has 0 radical (unpaired) electrons. The van der Waals surface area contributed by atoms with Crippen LogP contribution in [0.3, 0.4) is 0 Å². The minimum Gasteiger partial charge on any atom is -0.497 e. The molecule has 1 heterocycles. The molecule has 0 fully saturated rings. The zero-order valence-electron chi connectivity index (χ0n) is 11.4. The maximum absolute atomic E-state index is 6.13. The Morgan fingerprint density at radius 1 is 1.10 bits per heavy atom. The van der Waals surface area contributed by atoms with Crippen molar-refractivity contribution in [2.24, 2.45) is 0 Å². The largest absolute Gasteiger partial charge is 0.497 e. The molecule has 0 saturated carbocycles. The predicted octanol–water partition coefficient (Wildman–Crippen LogP) is 3.05. The van der Waals surface area contributed by atoms with E-state index in [0.29, 0.717) is 17.4 Å². The fraction of sp³-hybridized carbons (Fsp3) is 0.133. The molecule has 0 unspecified atom stereocenters. The van der Waals surface area contributed by atoms with Gasteiger partial charge in [0.2, 0.25) is 5.82 Å². The van der Waals surface area contributed by atoms with Crippen LogP contribution in [0, 0.1) is 0 Å². The summed E-state index contributed by atoms with van der Waals surface area (Å²) in [6, 6.07) is 15.2. The third kappa shape index (κ3) is 3.03. The Morgan fingerprint density at radius 3 is 2.57 bits per heavy atom. The summed E-state index contributed by atoms with van der Waals surface area (Å²) in [5, 5.41) is 13.1. The van der Waals surface area contributed by atoms with Gasteiger partial charge in [-0.25, -0.2) is 0 Å². The summed E-state index contributed by atoms with van der Waals surface area (Å²) in [7, 11) is 1.64. The number of tetrazole rings is 1. The second-order valence-corrected chi connectivity index (χ2v) is 4.88. The number of hydrogen-bond acceptors (Lipinski definition) is 4. The molecule has 0 amide bonds. The maximum Gasteiger partial charge on any atom is 0.206 e. The summed E-state index contributed by atoms with van der Waals surface area (Å²) < 4.78 is 5.13. The number of benzene rings is 2. The third-order valence-corrected chi connectivity index (χ3v) is 3.38. The molecule has 2 aromatic carbocycles. The predicted molar refractivity (Wildman–Crippen MR) is 80.4 cm³/mol. The maximum atomic E-state index is 6.13. The molecule has 0 aliphatic rings. The molecule has 3 aromatic rings. The van der Waals surface area contributed by atoms with E-state index in [1.165, 1.54) is 0 Å². The van der Waals surface area contributed by atoms with Crippen LogP contribution in [-0.4, -0.2) is 27.3 Å². The Morgan fingerprint density at radius 2 is 1.86 bits per heavy atom. The van der Waals surface area contributed by atoms with E-state index in [0.717, 1.165) is 16.9 Å².